The average Bonchev–Trinajstić information content (AvgIpc) is 3.26. The van der Waals surface area contributed by atoms with Crippen molar-refractivity contribution in [3.05, 3.63) is 46.6 Å². The minimum Gasteiger partial charge on any atom is -0.332 e. The molecule has 1 amide bonds. The van der Waals surface area contributed by atoms with Gasteiger partial charge in [-0.2, -0.15) is 10.2 Å². The van der Waals surface area contributed by atoms with Gasteiger partial charge in [0.05, 0.1) is 12.6 Å². The molecule has 7 heteroatoms. The van der Waals surface area contributed by atoms with Gasteiger partial charge in [0.15, 0.2) is 0 Å². The molecule has 0 saturated carbocycles. The fourth-order valence-electron chi connectivity index (χ4n) is 3.10. The Bertz CT molecular complexity index is 738. The number of amides is 1. The van der Waals surface area contributed by atoms with Gasteiger partial charge in [-0.05, 0) is 31.4 Å². The molecule has 0 radical (unpaired) electrons. The Hall–Kier alpha value is -2.44. The third-order valence-corrected chi connectivity index (χ3v) is 4.40. The number of unbranched alkanes of at least 4 members (excludes halogenated alkanes) is 1. The van der Waals surface area contributed by atoms with Crippen LogP contribution in [0.25, 0.3) is 0 Å². The van der Waals surface area contributed by atoms with Crippen molar-refractivity contribution in [2.24, 2.45) is 0 Å². The van der Waals surface area contributed by atoms with Crippen LogP contribution < -0.4 is 5.56 Å². The van der Waals surface area contributed by atoms with Gasteiger partial charge in [0.25, 0.3) is 11.5 Å². The molecule has 1 saturated heterocycles. The van der Waals surface area contributed by atoms with E-state index in [1.165, 1.54) is 16.8 Å². The molecule has 2 aromatic heterocycles. The van der Waals surface area contributed by atoms with Gasteiger partial charge in [0, 0.05) is 31.5 Å². The summed E-state index contributed by atoms with van der Waals surface area (Å²) in [6, 6.07) is 4.98. The zero-order valence-corrected chi connectivity index (χ0v) is 14.0. The number of nitrogens with zero attached hydrogens (tertiary/aromatic N) is 5. The van der Waals surface area contributed by atoms with Gasteiger partial charge in [0.2, 0.25) is 0 Å². The highest BCUT2D eigenvalue weighted by atomic mass is 16.2. The number of aromatic nitrogens is 4. The van der Waals surface area contributed by atoms with Crippen LogP contribution in [-0.4, -0.2) is 43.0 Å². The summed E-state index contributed by atoms with van der Waals surface area (Å²) in [5.41, 5.74) is 0.188. The van der Waals surface area contributed by atoms with E-state index in [1.54, 1.807) is 6.20 Å². The smallest absolute Gasteiger partial charge is 0.274 e. The predicted octanol–water partition coefficient (Wildman–Crippen LogP) is 1.54. The lowest BCUT2D eigenvalue weighted by Gasteiger charge is -2.24. The van der Waals surface area contributed by atoms with Crippen LogP contribution in [0, 0.1) is 0 Å². The van der Waals surface area contributed by atoms with Gasteiger partial charge >= 0.3 is 0 Å². The topological polar surface area (TPSA) is 73.0 Å². The highest BCUT2D eigenvalue weighted by Gasteiger charge is 2.30. The first-order valence-electron chi connectivity index (χ1n) is 8.55. The largest absolute Gasteiger partial charge is 0.332 e. The molecule has 3 rings (SSSR count). The first-order valence-corrected chi connectivity index (χ1v) is 8.55. The molecule has 1 atom stereocenters. The van der Waals surface area contributed by atoms with Crippen LogP contribution in [0.4, 0.5) is 0 Å². The van der Waals surface area contributed by atoms with Crippen molar-refractivity contribution in [2.45, 2.75) is 51.7 Å². The van der Waals surface area contributed by atoms with Gasteiger partial charge < -0.3 is 4.90 Å². The normalized spacial score (nSPS) is 17.4. The van der Waals surface area contributed by atoms with E-state index in [1.807, 2.05) is 21.8 Å². The van der Waals surface area contributed by atoms with Crippen molar-refractivity contribution in [1.82, 2.24) is 24.5 Å². The molecule has 0 aliphatic carbocycles. The molecule has 0 spiro atoms. The van der Waals surface area contributed by atoms with Crippen molar-refractivity contribution >= 4 is 5.91 Å². The maximum atomic E-state index is 12.8. The van der Waals surface area contributed by atoms with Crippen molar-refractivity contribution in [3.63, 3.8) is 0 Å². The second kappa shape index (κ2) is 7.42. The first-order chi connectivity index (χ1) is 11.7. The van der Waals surface area contributed by atoms with Crippen molar-refractivity contribution in [2.75, 3.05) is 6.54 Å². The molecule has 1 fully saturated rings. The Morgan fingerprint density at radius 1 is 1.38 bits per heavy atom. The van der Waals surface area contributed by atoms with Gasteiger partial charge in [-0.15, -0.1) is 0 Å². The Morgan fingerprint density at radius 2 is 2.25 bits per heavy atom. The molecule has 1 aliphatic rings. The zero-order chi connectivity index (χ0) is 16.9. The van der Waals surface area contributed by atoms with E-state index in [0.717, 1.165) is 32.2 Å². The highest BCUT2D eigenvalue weighted by molar-refractivity contribution is 5.92. The second-order valence-electron chi connectivity index (χ2n) is 6.16. The number of rotatable bonds is 6. The summed E-state index contributed by atoms with van der Waals surface area (Å²) in [7, 11) is 0. The van der Waals surface area contributed by atoms with Crippen LogP contribution in [0.3, 0.4) is 0 Å². The molecule has 24 heavy (non-hydrogen) atoms. The van der Waals surface area contributed by atoms with Gasteiger partial charge in [-0.25, -0.2) is 4.68 Å². The van der Waals surface area contributed by atoms with Crippen LogP contribution in [0.15, 0.2) is 35.4 Å². The quantitative estimate of drug-likeness (QED) is 0.806. The number of hydrogen-bond donors (Lipinski definition) is 0. The molecular formula is C17H23N5O2. The standard InChI is InChI=1S/C17H23N5O2/c1-2-3-12-22-16(23)8-7-15(19-22)17(24)21-11-4-6-14(21)13-20-10-5-9-18-20/h5,7-10,14H,2-4,6,11-13H2,1H3. The molecular weight excluding hydrogens is 306 g/mol. The first kappa shape index (κ1) is 16.4. The van der Waals surface area contributed by atoms with E-state index in [9.17, 15) is 9.59 Å². The summed E-state index contributed by atoms with van der Waals surface area (Å²) in [5, 5.41) is 8.50. The minimum atomic E-state index is -0.158. The fourth-order valence-corrected chi connectivity index (χ4v) is 3.10. The summed E-state index contributed by atoms with van der Waals surface area (Å²) < 4.78 is 3.25. The maximum absolute atomic E-state index is 12.8. The second-order valence-corrected chi connectivity index (χ2v) is 6.16. The van der Waals surface area contributed by atoms with Crippen LogP contribution in [0.5, 0.6) is 0 Å². The van der Waals surface area contributed by atoms with E-state index in [0.29, 0.717) is 18.8 Å². The van der Waals surface area contributed by atoms with E-state index >= 15 is 0 Å². The number of hydrogen-bond acceptors (Lipinski definition) is 4. The van der Waals surface area contributed by atoms with Crippen LogP contribution in [0.1, 0.15) is 43.1 Å². The lowest BCUT2D eigenvalue weighted by molar-refractivity contribution is 0.0712. The molecule has 1 unspecified atom stereocenters. The van der Waals surface area contributed by atoms with Gasteiger partial charge in [-0.3, -0.25) is 14.3 Å². The van der Waals surface area contributed by atoms with Crippen molar-refractivity contribution in [1.29, 1.82) is 0 Å². The summed E-state index contributed by atoms with van der Waals surface area (Å²) in [6.45, 7) is 4.02. The SMILES string of the molecule is CCCCn1nc(C(=O)N2CCCC2Cn2cccn2)ccc1=O. The lowest BCUT2D eigenvalue weighted by atomic mass is 10.2. The van der Waals surface area contributed by atoms with E-state index < -0.39 is 0 Å². The number of likely N-dealkylation sites (tertiary alicyclic amines) is 1. The Kier molecular flexibility index (Phi) is 5.08. The molecule has 2 aromatic rings. The molecule has 1 aliphatic heterocycles. The van der Waals surface area contributed by atoms with Crippen LogP contribution in [-0.2, 0) is 13.1 Å². The molecule has 7 nitrogen and oxygen atoms in total. The minimum absolute atomic E-state index is 0.102. The Labute approximate surface area is 140 Å². The van der Waals surface area contributed by atoms with Crippen LogP contribution >= 0.6 is 0 Å². The van der Waals surface area contributed by atoms with E-state index in [-0.39, 0.29) is 17.5 Å². The van der Waals surface area contributed by atoms with E-state index in [4.69, 9.17) is 0 Å². The third-order valence-electron chi connectivity index (χ3n) is 4.40. The molecule has 3 heterocycles. The highest BCUT2D eigenvalue weighted by Crippen LogP contribution is 2.20. The summed E-state index contributed by atoms with van der Waals surface area (Å²) in [6.07, 6.45) is 7.44. The van der Waals surface area contributed by atoms with Gasteiger partial charge in [-0.1, -0.05) is 13.3 Å². The summed E-state index contributed by atoms with van der Waals surface area (Å²) in [5.74, 6) is -0.102. The maximum Gasteiger partial charge on any atom is 0.274 e. The van der Waals surface area contributed by atoms with Crippen LogP contribution in [0.2, 0.25) is 0 Å². The van der Waals surface area contributed by atoms with Crippen molar-refractivity contribution in [3.8, 4) is 0 Å². The number of carbonyl (C=O) groups excluding carboxylic acids is 1. The zero-order valence-electron chi connectivity index (χ0n) is 14.0. The lowest BCUT2D eigenvalue weighted by Crippen LogP contribution is -2.39. The fraction of sp³-hybridized carbons (Fsp3) is 0.529. The van der Waals surface area contributed by atoms with Gasteiger partial charge in [0.1, 0.15) is 5.69 Å². The molecule has 0 aromatic carbocycles. The molecule has 0 N–H and O–H groups in total. The number of carbonyl (C=O) groups is 1. The molecule has 0 bridgehead atoms. The average molecular weight is 329 g/mol. The Morgan fingerprint density at radius 3 is 3.00 bits per heavy atom. The third kappa shape index (κ3) is 3.55. The van der Waals surface area contributed by atoms with Crippen molar-refractivity contribution < 1.29 is 4.79 Å². The summed E-state index contributed by atoms with van der Waals surface area (Å²) >= 11 is 0. The monoisotopic (exact) mass is 329 g/mol. The predicted molar refractivity (Wildman–Crippen MR) is 89.7 cm³/mol. The number of aryl methyl sites for hydroxylation is 1. The van der Waals surface area contributed by atoms with E-state index in [2.05, 4.69) is 17.1 Å². The summed E-state index contributed by atoms with van der Waals surface area (Å²) in [4.78, 5) is 26.6. The molecule has 128 valence electrons. The Balaban J connectivity index is 1.76.